The normalized spacial score (nSPS) is 14.9. The average molecular weight is 261 g/mol. The van der Waals surface area contributed by atoms with E-state index in [0.29, 0.717) is 17.3 Å². The minimum atomic E-state index is 0.329. The summed E-state index contributed by atoms with van der Waals surface area (Å²) in [5.74, 6) is 1.30. The predicted molar refractivity (Wildman–Crippen MR) is 85.7 cm³/mol. The van der Waals surface area contributed by atoms with Gasteiger partial charge in [-0.2, -0.15) is 0 Å². The first-order valence-electron chi connectivity index (χ1n) is 7.68. The summed E-state index contributed by atoms with van der Waals surface area (Å²) in [7, 11) is 0. The summed E-state index contributed by atoms with van der Waals surface area (Å²) in [5.41, 5.74) is 3.22. The van der Waals surface area contributed by atoms with Crippen LogP contribution in [0.15, 0.2) is 24.3 Å². The highest BCUT2D eigenvalue weighted by atomic mass is 14.9. The van der Waals surface area contributed by atoms with Crippen LogP contribution in [0.5, 0.6) is 0 Å². The van der Waals surface area contributed by atoms with Crippen molar-refractivity contribution in [2.24, 2.45) is 11.3 Å². The van der Waals surface area contributed by atoms with E-state index in [2.05, 4.69) is 71.1 Å². The molecule has 1 N–H and O–H groups in total. The van der Waals surface area contributed by atoms with Crippen LogP contribution >= 0.6 is 0 Å². The van der Waals surface area contributed by atoms with E-state index in [1.807, 2.05) is 0 Å². The van der Waals surface area contributed by atoms with Gasteiger partial charge in [-0.25, -0.2) is 0 Å². The molecule has 0 radical (unpaired) electrons. The van der Waals surface area contributed by atoms with Crippen LogP contribution in [0.3, 0.4) is 0 Å². The Morgan fingerprint density at radius 3 is 2.05 bits per heavy atom. The van der Waals surface area contributed by atoms with Gasteiger partial charge in [-0.1, -0.05) is 65.8 Å². The molecule has 0 spiro atoms. The largest absolute Gasteiger partial charge is 0.316 e. The summed E-state index contributed by atoms with van der Waals surface area (Å²) in [5, 5.41) is 3.52. The van der Waals surface area contributed by atoms with Crippen molar-refractivity contribution >= 4 is 0 Å². The van der Waals surface area contributed by atoms with E-state index < -0.39 is 0 Å². The van der Waals surface area contributed by atoms with E-state index in [9.17, 15) is 0 Å². The average Bonchev–Trinajstić information content (AvgIpc) is 2.36. The van der Waals surface area contributed by atoms with Crippen LogP contribution in [0.4, 0.5) is 0 Å². The van der Waals surface area contributed by atoms with Crippen LogP contribution in [0.2, 0.25) is 0 Å². The maximum Gasteiger partial charge on any atom is 0.00107 e. The molecule has 1 nitrogen and oxygen atoms in total. The Kier molecular flexibility index (Phi) is 6.06. The lowest BCUT2D eigenvalue weighted by Gasteiger charge is -2.34. The van der Waals surface area contributed by atoms with Gasteiger partial charge in [0.2, 0.25) is 0 Å². The summed E-state index contributed by atoms with van der Waals surface area (Å²) in [6.45, 7) is 15.9. The second kappa shape index (κ2) is 7.09. The fourth-order valence-corrected chi connectivity index (χ4v) is 2.37. The first kappa shape index (κ1) is 16.2. The molecule has 1 heteroatoms. The third-order valence-corrected chi connectivity index (χ3v) is 4.43. The summed E-state index contributed by atoms with van der Waals surface area (Å²) in [6, 6.07) is 9.19. The molecule has 0 saturated carbocycles. The number of nitrogens with one attached hydrogen (secondary N) is 1. The summed E-state index contributed by atoms with van der Waals surface area (Å²) in [4.78, 5) is 0. The molecule has 0 aliphatic heterocycles. The van der Waals surface area contributed by atoms with Gasteiger partial charge < -0.3 is 5.32 Å². The van der Waals surface area contributed by atoms with E-state index in [0.717, 1.165) is 19.5 Å². The molecular weight excluding hydrogens is 230 g/mol. The Balaban J connectivity index is 2.79. The highest BCUT2D eigenvalue weighted by molar-refractivity contribution is 5.25. The lowest BCUT2D eigenvalue weighted by Crippen LogP contribution is -2.37. The van der Waals surface area contributed by atoms with Crippen molar-refractivity contribution in [3.63, 3.8) is 0 Å². The van der Waals surface area contributed by atoms with Gasteiger partial charge in [0.1, 0.15) is 0 Å². The summed E-state index contributed by atoms with van der Waals surface area (Å²) < 4.78 is 0. The van der Waals surface area contributed by atoms with Gasteiger partial charge in [0.25, 0.3) is 0 Å². The maximum atomic E-state index is 3.52. The Morgan fingerprint density at radius 1 is 1.05 bits per heavy atom. The van der Waals surface area contributed by atoms with Crippen LogP contribution in [-0.2, 0) is 6.42 Å². The third kappa shape index (κ3) is 4.65. The van der Waals surface area contributed by atoms with Gasteiger partial charge in [0.05, 0.1) is 0 Å². The molecule has 1 rings (SSSR count). The monoisotopic (exact) mass is 261 g/mol. The molecule has 108 valence electrons. The van der Waals surface area contributed by atoms with Crippen molar-refractivity contribution in [3.05, 3.63) is 35.4 Å². The van der Waals surface area contributed by atoms with Crippen molar-refractivity contribution in [2.75, 3.05) is 13.1 Å². The van der Waals surface area contributed by atoms with E-state index in [-0.39, 0.29) is 0 Å². The second-order valence-electron chi connectivity index (χ2n) is 6.66. The minimum absolute atomic E-state index is 0.329. The molecule has 1 unspecified atom stereocenters. The molecule has 0 fully saturated rings. The Morgan fingerprint density at radius 2 is 1.63 bits per heavy atom. The molecule has 0 aliphatic rings. The van der Waals surface area contributed by atoms with Crippen molar-refractivity contribution in [1.82, 2.24) is 5.32 Å². The molecule has 0 aliphatic carbocycles. The van der Waals surface area contributed by atoms with Gasteiger partial charge in [-0.3, -0.25) is 0 Å². The van der Waals surface area contributed by atoms with Crippen molar-refractivity contribution < 1.29 is 0 Å². The first-order valence-corrected chi connectivity index (χ1v) is 7.68. The Labute approximate surface area is 119 Å². The summed E-state index contributed by atoms with van der Waals surface area (Å²) >= 11 is 0. The second-order valence-corrected chi connectivity index (χ2v) is 6.66. The van der Waals surface area contributed by atoms with Crippen LogP contribution in [0.1, 0.15) is 58.6 Å². The Bertz CT molecular complexity index is 364. The van der Waals surface area contributed by atoms with E-state index >= 15 is 0 Å². The van der Waals surface area contributed by atoms with Gasteiger partial charge in [0.15, 0.2) is 0 Å². The van der Waals surface area contributed by atoms with Crippen LogP contribution in [0.25, 0.3) is 0 Å². The topological polar surface area (TPSA) is 12.0 Å². The number of hydrogen-bond acceptors (Lipinski definition) is 1. The molecule has 0 heterocycles. The zero-order valence-electron chi connectivity index (χ0n) is 13.6. The molecular formula is C18H31N. The number of rotatable bonds is 7. The van der Waals surface area contributed by atoms with Crippen LogP contribution < -0.4 is 5.32 Å². The molecule has 0 saturated heterocycles. The van der Waals surface area contributed by atoms with Gasteiger partial charge in [-0.15, -0.1) is 0 Å². The number of benzene rings is 1. The van der Waals surface area contributed by atoms with Gasteiger partial charge in [0, 0.05) is 6.54 Å². The molecule has 0 bridgehead atoms. The zero-order chi connectivity index (χ0) is 14.5. The highest BCUT2D eigenvalue weighted by Gasteiger charge is 2.28. The smallest absolute Gasteiger partial charge is 0.00107 e. The highest BCUT2D eigenvalue weighted by Crippen LogP contribution is 2.31. The molecule has 19 heavy (non-hydrogen) atoms. The van der Waals surface area contributed by atoms with Gasteiger partial charge in [-0.05, 0) is 41.3 Å². The molecule has 0 amide bonds. The van der Waals surface area contributed by atoms with E-state index in [1.54, 1.807) is 0 Å². The van der Waals surface area contributed by atoms with Gasteiger partial charge >= 0.3 is 0 Å². The predicted octanol–water partition coefficient (Wildman–Crippen LogP) is 4.62. The molecule has 0 aromatic heterocycles. The maximum absolute atomic E-state index is 3.52. The number of hydrogen-bond donors (Lipinski definition) is 1. The minimum Gasteiger partial charge on any atom is -0.316 e. The molecule has 1 atom stereocenters. The SMILES string of the molecule is CCNCC(C)(Cc1ccc(C(C)C)cc1)C(C)C. The lowest BCUT2D eigenvalue weighted by molar-refractivity contribution is 0.209. The fourth-order valence-electron chi connectivity index (χ4n) is 2.37. The Hall–Kier alpha value is -0.820. The first-order chi connectivity index (χ1) is 8.89. The van der Waals surface area contributed by atoms with Crippen LogP contribution in [0, 0.1) is 11.3 Å². The van der Waals surface area contributed by atoms with Crippen molar-refractivity contribution in [3.8, 4) is 0 Å². The third-order valence-electron chi connectivity index (χ3n) is 4.43. The van der Waals surface area contributed by atoms with Crippen LogP contribution in [-0.4, -0.2) is 13.1 Å². The zero-order valence-corrected chi connectivity index (χ0v) is 13.6. The van der Waals surface area contributed by atoms with Crippen molar-refractivity contribution in [2.45, 2.75) is 53.9 Å². The van der Waals surface area contributed by atoms with E-state index in [1.165, 1.54) is 11.1 Å². The lowest BCUT2D eigenvalue weighted by atomic mass is 9.74. The molecule has 1 aromatic rings. The molecule has 1 aromatic carbocycles. The quantitative estimate of drug-likeness (QED) is 0.755. The standard InChI is InChI=1S/C18H31N/c1-7-19-13-18(6,15(4)5)12-16-8-10-17(11-9-16)14(2)3/h8-11,14-15,19H,7,12-13H2,1-6H3. The summed E-state index contributed by atoms with van der Waals surface area (Å²) in [6.07, 6.45) is 1.15. The van der Waals surface area contributed by atoms with Crippen molar-refractivity contribution in [1.29, 1.82) is 0 Å². The fraction of sp³-hybridized carbons (Fsp3) is 0.667. The van der Waals surface area contributed by atoms with E-state index in [4.69, 9.17) is 0 Å².